The van der Waals surface area contributed by atoms with Crippen molar-refractivity contribution in [3.8, 4) is 6.07 Å². The van der Waals surface area contributed by atoms with Crippen LogP contribution >= 0.6 is 11.3 Å². The van der Waals surface area contributed by atoms with Gasteiger partial charge in [0, 0.05) is 17.3 Å². The zero-order valence-corrected chi connectivity index (χ0v) is 15.2. The average molecular weight is 347 g/mol. The highest BCUT2D eigenvalue weighted by Crippen LogP contribution is 2.45. The molecule has 0 saturated carbocycles. The minimum Gasteiger partial charge on any atom is -0.550 e. The fourth-order valence-electron chi connectivity index (χ4n) is 3.15. The number of thiophene rings is 1. The molecule has 1 N–H and O–H groups in total. The van der Waals surface area contributed by atoms with Gasteiger partial charge in [-0.15, -0.1) is 11.3 Å². The molecule has 0 aliphatic heterocycles. The molecule has 0 aromatic carbocycles. The average Bonchev–Trinajstić information content (AvgIpc) is 2.88. The van der Waals surface area contributed by atoms with Crippen LogP contribution in [0, 0.1) is 22.7 Å². The predicted octanol–water partition coefficient (Wildman–Crippen LogP) is 2.63. The van der Waals surface area contributed by atoms with E-state index in [0.717, 1.165) is 31.2 Å². The number of nitrogens with zero attached hydrogens (tertiary/aromatic N) is 1. The van der Waals surface area contributed by atoms with Gasteiger partial charge in [-0.25, -0.2) is 0 Å². The molecule has 1 aromatic heterocycles. The van der Waals surface area contributed by atoms with Crippen LogP contribution in [0.15, 0.2) is 0 Å². The third-order valence-corrected chi connectivity index (χ3v) is 6.37. The Labute approximate surface area is 146 Å². The van der Waals surface area contributed by atoms with Crippen molar-refractivity contribution in [1.29, 1.82) is 5.26 Å². The van der Waals surface area contributed by atoms with Crippen molar-refractivity contribution in [3.05, 3.63) is 16.0 Å². The maximum absolute atomic E-state index is 11.9. The summed E-state index contributed by atoms with van der Waals surface area (Å²) in [4.78, 5) is 23.5. The summed E-state index contributed by atoms with van der Waals surface area (Å²) in [5.41, 5.74) is 1.86. The van der Waals surface area contributed by atoms with Crippen LogP contribution in [0.3, 0.4) is 0 Å². The highest BCUT2D eigenvalue weighted by molar-refractivity contribution is 7.16. The molecule has 24 heavy (non-hydrogen) atoms. The van der Waals surface area contributed by atoms with Gasteiger partial charge in [-0.1, -0.05) is 27.2 Å². The zero-order chi connectivity index (χ0) is 17.9. The molecule has 6 heteroatoms. The lowest BCUT2D eigenvalue weighted by Crippen LogP contribution is -2.28. The Bertz CT molecular complexity index is 685. The first-order chi connectivity index (χ1) is 11.3. The van der Waals surface area contributed by atoms with E-state index in [4.69, 9.17) is 0 Å². The fourth-order valence-corrected chi connectivity index (χ4v) is 4.45. The Balaban J connectivity index is 2.18. The molecule has 1 atom stereocenters. The number of nitrogens with one attached hydrogen (secondary N) is 1. The van der Waals surface area contributed by atoms with Crippen LogP contribution in [0.5, 0.6) is 0 Å². The molecule has 1 aliphatic rings. The largest absolute Gasteiger partial charge is 0.550 e. The van der Waals surface area contributed by atoms with E-state index in [2.05, 4.69) is 32.2 Å². The summed E-state index contributed by atoms with van der Waals surface area (Å²) in [6.45, 7) is 6.77. The summed E-state index contributed by atoms with van der Waals surface area (Å²) in [6, 6.07) is 2.21. The Morgan fingerprint density at radius 1 is 1.42 bits per heavy atom. The van der Waals surface area contributed by atoms with Gasteiger partial charge >= 0.3 is 0 Å². The molecule has 5 nitrogen and oxygen atoms in total. The molecule has 0 saturated heterocycles. The number of carboxylic acid groups (broad SMARTS) is 1. The van der Waals surface area contributed by atoms with E-state index >= 15 is 0 Å². The van der Waals surface area contributed by atoms with Gasteiger partial charge in [0.1, 0.15) is 11.1 Å². The number of carboxylic acids is 1. The van der Waals surface area contributed by atoms with Crippen molar-refractivity contribution in [1.82, 2.24) is 0 Å². The maximum Gasteiger partial charge on any atom is 0.225 e. The van der Waals surface area contributed by atoms with E-state index in [1.807, 2.05) is 0 Å². The Hall–Kier alpha value is -1.87. The molecule has 0 fully saturated rings. The van der Waals surface area contributed by atoms with Crippen LogP contribution in [0.1, 0.15) is 62.5 Å². The minimum atomic E-state index is -1.25. The number of anilines is 1. The van der Waals surface area contributed by atoms with Crippen LogP contribution < -0.4 is 10.4 Å². The highest BCUT2D eigenvalue weighted by Gasteiger charge is 2.34. The monoisotopic (exact) mass is 347 g/mol. The number of rotatable bonds is 6. The van der Waals surface area contributed by atoms with Gasteiger partial charge in [-0.3, -0.25) is 4.79 Å². The van der Waals surface area contributed by atoms with E-state index in [-0.39, 0.29) is 24.2 Å². The molecule has 1 aliphatic carbocycles. The molecular weight excluding hydrogens is 324 g/mol. The van der Waals surface area contributed by atoms with E-state index in [0.29, 0.717) is 16.5 Å². The summed E-state index contributed by atoms with van der Waals surface area (Å²) >= 11 is 1.46. The molecule has 1 amide bonds. The highest BCUT2D eigenvalue weighted by atomic mass is 32.1. The number of amides is 1. The quantitative estimate of drug-likeness (QED) is 0.856. The number of carbonyl (C=O) groups excluding carboxylic acids is 2. The van der Waals surface area contributed by atoms with Gasteiger partial charge in [0.2, 0.25) is 5.91 Å². The lowest BCUT2D eigenvalue weighted by molar-refractivity contribution is -0.305. The van der Waals surface area contributed by atoms with Crippen molar-refractivity contribution in [3.63, 3.8) is 0 Å². The van der Waals surface area contributed by atoms with Crippen LogP contribution in [0.25, 0.3) is 0 Å². The lowest BCUT2D eigenvalue weighted by Gasteiger charge is -2.36. The van der Waals surface area contributed by atoms with Crippen LogP contribution in [-0.4, -0.2) is 11.9 Å². The fraction of sp³-hybridized carbons (Fsp3) is 0.611. The third-order valence-electron chi connectivity index (χ3n) is 5.20. The summed E-state index contributed by atoms with van der Waals surface area (Å²) in [7, 11) is 0. The van der Waals surface area contributed by atoms with Gasteiger partial charge in [0.15, 0.2) is 0 Å². The molecule has 0 radical (unpaired) electrons. The number of aliphatic carboxylic acids is 1. The molecule has 0 spiro atoms. The topological polar surface area (TPSA) is 93.0 Å². The van der Waals surface area contributed by atoms with Crippen LogP contribution in [0.4, 0.5) is 5.00 Å². The lowest BCUT2D eigenvalue weighted by atomic mass is 9.69. The number of hydrogen-bond donors (Lipinski definition) is 1. The van der Waals surface area contributed by atoms with E-state index in [1.165, 1.54) is 16.2 Å². The van der Waals surface area contributed by atoms with E-state index in [9.17, 15) is 20.0 Å². The van der Waals surface area contributed by atoms with Gasteiger partial charge in [0.05, 0.1) is 5.56 Å². The molecular formula is C18H23N2O3S-. The van der Waals surface area contributed by atoms with Crippen molar-refractivity contribution >= 4 is 28.2 Å². The Morgan fingerprint density at radius 3 is 2.71 bits per heavy atom. The number of hydrogen-bond acceptors (Lipinski definition) is 5. The van der Waals surface area contributed by atoms with Crippen LogP contribution in [0.2, 0.25) is 0 Å². The predicted molar refractivity (Wildman–Crippen MR) is 91.5 cm³/mol. The van der Waals surface area contributed by atoms with E-state index in [1.54, 1.807) is 0 Å². The number of fused-ring (bicyclic) bond motifs is 1. The second-order valence-electron chi connectivity index (χ2n) is 7.02. The molecule has 1 aromatic rings. The summed E-state index contributed by atoms with van der Waals surface area (Å²) in [6.07, 6.45) is 3.50. The van der Waals surface area contributed by atoms with Crippen molar-refractivity contribution < 1.29 is 14.7 Å². The maximum atomic E-state index is 11.9. The first-order valence-electron chi connectivity index (χ1n) is 8.32. The molecule has 0 bridgehead atoms. The first kappa shape index (κ1) is 18.5. The molecule has 1 heterocycles. The summed E-state index contributed by atoms with van der Waals surface area (Å²) < 4.78 is 0. The minimum absolute atomic E-state index is 0.138. The molecule has 1 unspecified atom stereocenters. The number of carbonyl (C=O) groups is 2. The SMILES string of the molecule is CCC(C)(C)C1CCc2c(sc(NC(=O)CCC(=O)[O-])c2C#N)C1. The third kappa shape index (κ3) is 3.96. The first-order valence-corrected chi connectivity index (χ1v) is 9.14. The second kappa shape index (κ2) is 7.35. The summed E-state index contributed by atoms with van der Waals surface area (Å²) in [5, 5.41) is 23.2. The Morgan fingerprint density at radius 2 is 2.12 bits per heavy atom. The molecule has 2 rings (SSSR count). The van der Waals surface area contributed by atoms with Crippen molar-refractivity contribution in [2.45, 2.75) is 59.3 Å². The van der Waals surface area contributed by atoms with Crippen molar-refractivity contribution in [2.24, 2.45) is 11.3 Å². The normalized spacial score (nSPS) is 17.0. The van der Waals surface area contributed by atoms with E-state index < -0.39 is 5.97 Å². The van der Waals surface area contributed by atoms with Gasteiger partial charge in [-0.2, -0.15) is 5.26 Å². The second-order valence-corrected chi connectivity index (χ2v) is 8.13. The Kier molecular flexibility index (Phi) is 5.66. The van der Waals surface area contributed by atoms with Crippen LogP contribution in [-0.2, 0) is 22.4 Å². The van der Waals surface area contributed by atoms with Crippen molar-refractivity contribution in [2.75, 3.05) is 5.32 Å². The summed E-state index contributed by atoms with van der Waals surface area (Å²) in [5.74, 6) is -1.07. The molecule has 130 valence electrons. The number of nitriles is 1. The zero-order valence-electron chi connectivity index (χ0n) is 14.4. The van der Waals surface area contributed by atoms with Gasteiger partial charge in [0.25, 0.3) is 0 Å². The van der Waals surface area contributed by atoms with Gasteiger partial charge < -0.3 is 15.2 Å². The smallest absolute Gasteiger partial charge is 0.225 e. The standard InChI is InChI=1S/C18H24N2O3S/c1-4-18(2,3)11-5-6-12-13(10-19)17(24-14(12)9-11)20-15(21)7-8-16(22)23/h11H,4-9H2,1-3H3,(H,20,21)(H,22,23)/p-1. The van der Waals surface area contributed by atoms with Gasteiger partial charge in [-0.05, 0) is 42.6 Å².